The zero-order chi connectivity index (χ0) is 6.41. The predicted molar refractivity (Wildman–Crippen MR) is 41.2 cm³/mol. The molecule has 0 fully saturated rings. The molecule has 0 heterocycles. The minimum Gasteiger partial charge on any atom is -0.235 e. The highest BCUT2D eigenvalue weighted by Gasteiger charge is 2.02. The lowest BCUT2D eigenvalue weighted by atomic mass is 10.5. The van der Waals surface area contributed by atoms with E-state index in [4.69, 9.17) is 0 Å². The lowest BCUT2D eigenvalue weighted by Crippen LogP contribution is -2.09. The SMILES string of the molecule is CSCC(C[O])SC. The molecule has 0 N–H and O–H groups in total. The van der Waals surface area contributed by atoms with Gasteiger partial charge in [0.15, 0.2) is 0 Å². The van der Waals surface area contributed by atoms with E-state index in [0.29, 0.717) is 5.25 Å². The summed E-state index contributed by atoms with van der Waals surface area (Å²) in [5.41, 5.74) is 0. The third-order valence-corrected chi connectivity index (χ3v) is 2.79. The first-order valence-corrected chi connectivity index (χ1v) is 5.13. The van der Waals surface area contributed by atoms with Crippen molar-refractivity contribution in [3.8, 4) is 0 Å². The van der Waals surface area contributed by atoms with E-state index in [0.717, 1.165) is 5.75 Å². The molecule has 0 aliphatic rings. The maximum absolute atomic E-state index is 10.2. The zero-order valence-electron chi connectivity index (χ0n) is 5.22. The van der Waals surface area contributed by atoms with Crippen molar-refractivity contribution in [1.29, 1.82) is 0 Å². The van der Waals surface area contributed by atoms with Crippen LogP contribution in [0.2, 0.25) is 0 Å². The molecule has 0 aliphatic heterocycles. The smallest absolute Gasteiger partial charge is 0.0948 e. The lowest BCUT2D eigenvalue weighted by molar-refractivity contribution is 0.199. The van der Waals surface area contributed by atoms with E-state index in [9.17, 15) is 5.11 Å². The molecule has 0 bridgehead atoms. The van der Waals surface area contributed by atoms with Crippen LogP contribution in [-0.4, -0.2) is 30.1 Å². The fourth-order valence-corrected chi connectivity index (χ4v) is 1.93. The Bertz CT molecular complexity index is 45.7. The van der Waals surface area contributed by atoms with Gasteiger partial charge in [-0.15, -0.1) is 0 Å². The van der Waals surface area contributed by atoms with Gasteiger partial charge in [-0.2, -0.15) is 23.5 Å². The van der Waals surface area contributed by atoms with E-state index < -0.39 is 0 Å². The quantitative estimate of drug-likeness (QED) is 0.607. The van der Waals surface area contributed by atoms with Gasteiger partial charge in [0.05, 0.1) is 6.61 Å². The van der Waals surface area contributed by atoms with Crippen molar-refractivity contribution < 1.29 is 5.11 Å². The van der Waals surface area contributed by atoms with Gasteiger partial charge in [-0.1, -0.05) is 0 Å². The molecule has 3 heteroatoms. The molecule has 0 amide bonds. The second-order valence-electron chi connectivity index (χ2n) is 1.48. The molecule has 49 valence electrons. The Morgan fingerprint density at radius 2 is 2.12 bits per heavy atom. The van der Waals surface area contributed by atoms with E-state index in [1.165, 1.54) is 0 Å². The van der Waals surface area contributed by atoms with Gasteiger partial charge in [0, 0.05) is 11.0 Å². The number of rotatable bonds is 4. The Balaban J connectivity index is 3.07. The van der Waals surface area contributed by atoms with E-state index in [1.807, 2.05) is 12.5 Å². The molecule has 0 aromatic carbocycles. The maximum atomic E-state index is 10.2. The van der Waals surface area contributed by atoms with E-state index in [-0.39, 0.29) is 6.61 Å². The summed E-state index contributed by atoms with van der Waals surface area (Å²) in [6.45, 7) is 0.0575. The number of hydrogen-bond acceptors (Lipinski definition) is 2. The van der Waals surface area contributed by atoms with Gasteiger partial charge in [0.1, 0.15) is 0 Å². The van der Waals surface area contributed by atoms with E-state index in [1.54, 1.807) is 23.5 Å². The number of hydrogen-bond donors (Lipinski definition) is 0. The highest BCUT2D eigenvalue weighted by Crippen LogP contribution is 2.10. The molecule has 0 spiro atoms. The van der Waals surface area contributed by atoms with Crippen molar-refractivity contribution in [2.75, 3.05) is 24.9 Å². The summed E-state index contributed by atoms with van der Waals surface area (Å²) < 4.78 is 0. The summed E-state index contributed by atoms with van der Waals surface area (Å²) in [7, 11) is 0. The van der Waals surface area contributed by atoms with Crippen LogP contribution in [0.3, 0.4) is 0 Å². The third-order valence-electron chi connectivity index (χ3n) is 0.872. The van der Waals surface area contributed by atoms with Crippen molar-refractivity contribution in [3.05, 3.63) is 0 Å². The number of thioether (sulfide) groups is 2. The van der Waals surface area contributed by atoms with Gasteiger partial charge in [0.2, 0.25) is 0 Å². The Morgan fingerprint density at radius 1 is 1.50 bits per heavy atom. The fourth-order valence-electron chi connectivity index (χ4n) is 0.370. The molecular formula is C5H11OS2. The summed E-state index contributed by atoms with van der Waals surface area (Å²) in [6.07, 6.45) is 4.01. The van der Waals surface area contributed by atoms with Crippen LogP contribution in [0.25, 0.3) is 0 Å². The van der Waals surface area contributed by atoms with Crippen LogP contribution in [0.15, 0.2) is 0 Å². The average molecular weight is 151 g/mol. The van der Waals surface area contributed by atoms with Crippen LogP contribution >= 0.6 is 23.5 Å². The standard InChI is InChI=1S/C5H11OS2/c1-7-4-5(3-6)8-2/h5H,3-4H2,1-2H3. The van der Waals surface area contributed by atoms with Gasteiger partial charge >= 0.3 is 0 Å². The summed E-state index contributed by atoms with van der Waals surface area (Å²) >= 11 is 3.40. The highest BCUT2D eigenvalue weighted by molar-refractivity contribution is 8.02. The topological polar surface area (TPSA) is 19.9 Å². The Morgan fingerprint density at radius 3 is 2.25 bits per heavy atom. The second kappa shape index (κ2) is 5.79. The highest BCUT2D eigenvalue weighted by atomic mass is 32.2. The molecule has 8 heavy (non-hydrogen) atoms. The van der Waals surface area contributed by atoms with Gasteiger partial charge in [0.25, 0.3) is 0 Å². The van der Waals surface area contributed by atoms with Crippen LogP contribution in [0.4, 0.5) is 0 Å². The molecule has 0 saturated heterocycles. The van der Waals surface area contributed by atoms with Crippen molar-refractivity contribution in [2.24, 2.45) is 0 Å². The largest absolute Gasteiger partial charge is 0.235 e. The molecule has 0 rings (SSSR count). The van der Waals surface area contributed by atoms with Gasteiger partial charge in [-0.05, 0) is 12.5 Å². The van der Waals surface area contributed by atoms with Crippen LogP contribution in [0.1, 0.15) is 0 Å². The first-order chi connectivity index (χ1) is 3.85. The van der Waals surface area contributed by atoms with Crippen molar-refractivity contribution >= 4 is 23.5 Å². The Kier molecular flexibility index (Phi) is 6.27. The maximum Gasteiger partial charge on any atom is 0.0948 e. The monoisotopic (exact) mass is 151 g/mol. The van der Waals surface area contributed by atoms with Crippen LogP contribution in [0, 0.1) is 0 Å². The van der Waals surface area contributed by atoms with Gasteiger partial charge in [-0.25, -0.2) is 5.11 Å². The predicted octanol–water partition coefficient (Wildman–Crippen LogP) is 1.51. The molecule has 1 nitrogen and oxygen atoms in total. The van der Waals surface area contributed by atoms with Crippen LogP contribution in [0.5, 0.6) is 0 Å². The van der Waals surface area contributed by atoms with Gasteiger partial charge < -0.3 is 0 Å². The minimum absolute atomic E-state index is 0.0575. The van der Waals surface area contributed by atoms with E-state index in [2.05, 4.69) is 0 Å². The first-order valence-electron chi connectivity index (χ1n) is 2.45. The molecule has 1 atom stereocenters. The van der Waals surface area contributed by atoms with Gasteiger partial charge in [-0.3, -0.25) is 0 Å². The third kappa shape index (κ3) is 3.64. The summed E-state index contributed by atoms with van der Waals surface area (Å²) in [4.78, 5) is 0. The molecule has 0 aromatic rings. The van der Waals surface area contributed by atoms with E-state index >= 15 is 0 Å². The fraction of sp³-hybridized carbons (Fsp3) is 1.00. The van der Waals surface area contributed by atoms with Crippen molar-refractivity contribution in [3.63, 3.8) is 0 Å². The molecule has 0 aromatic heterocycles. The molecule has 1 unspecified atom stereocenters. The Labute approximate surface area is 59.2 Å². The van der Waals surface area contributed by atoms with Crippen molar-refractivity contribution in [1.82, 2.24) is 0 Å². The zero-order valence-corrected chi connectivity index (χ0v) is 6.85. The summed E-state index contributed by atoms with van der Waals surface area (Å²) in [6, 6.07) is 0. The first kappa shape index (κ1) is 8.66. The normalized spacial score (nSPS) is 13.9. The molecular weight excluding hydrogens is 140 g/mol. The lowest BCUT2D eigenvalue weighted by Gasteiger charge is -2.05. The van der Waals surface area contributed by atoms with Crippen LogP contribution in [-0.2, 0) is 5.11 Å². The van der Waals surface area contributed by atoms with Crippen molar-refractivity contribution in [2.45, 2.75) is 5.25 Å². The minimum atomic E-state index is 0.0575. The Hall–Kier alpha value is 0.660. The van der Waals surface area contributed by atoms with Crippen LogP contribution < -0.4 is 0 Å². The second-order valence-corrected chi connectivity index (χ2v) is 3.53. The molecule has 0 saturated carbocycles. The summed E-state index contributed by atoms with van der Waals surface area (Å²) in [5.74, 6) is 0.991. The molecule has 1 radical (unpaired) electrons. The molecule has 0 aliphatic carbocycles. The average Bonchev–Trinajstić information content (AvgIpc) is 1.83. The summed E-state index contributed by atoms with van der Waals surface area (Å²) in [5, 5.41) is 10.5.